The summed E-state index contributed by atoms with van der Waals surface area (Å²) in [5.74, 6) is -0.539. The summed E-state index contributed by atoms with van der Waals surface area (Å²) >= 11 is 0. The fourth-order valence-electron chi connectivity index (χ4n) is 3.75. The molecule has 2 amide bonds. The highest BCUT2D eigenvalue weighted by atomic mass is 19.1. The third-order valence-electron chi connectivity index (χ3n) is 5.39. The molecule has 0 aromatic heterocycles. The molecule has 1 aliphatic heterocycles. The van der Waals surface area contributed by atoms with Crippen molar-refractivity contribution >= 4 is 11.8 Å². The van der Waals surface area contributed by atoms with Crippen molar-refractivity contribution in [2.24, 2.45) is 5.92 Å². The minimum Gasteiger partial charge on any atom is -0.497 e. The van der Waals surface area contributed by atoms with Gasteiger partial charge in [-0.25, -0.2) is 4.39 Å². The average molecular weight is 398 g/mol. The van der Waals surface area contributed by atoms with Crippen LogP contribution in [0.15, 0.2) is 48.5 Å². The maximum atomic E-state index is 13.8. The van der Waals surface area contributed by atoms with E-state index < -0.39 is 5.92 Å². The first-order valence-corrected chi connectivity index (χ1v) is 10.00. The van der Waals surface area contributed by atoms with E-state index in [1.807, 2.05) is 6.07 Å². The molecule has 1 N–H and O–H groups in total. The van der Waals surface area contributed by atoms with E-state index in [0.29, 0.717) is 30.9 Å². The van der Waals surface area contributed by atoms with Gasteiger partial charge in [-0.05, 0) is 48.4 Å². The van der Waals surface area contributed by atoms with Crippen molar-refractivity contribution in [1.29, 1.82) is 0 Å². The fraction of sp³-hybridized carbons (Fsp3) is 0.391. The second-order valence-electron chi connectivity index (χ2n) is 7.35. The molecule has 0 spiro atoms. The Kier molecular flexibility index (Phi) is 6.86. The van der Waals surface area contributed by atoms with Crippen LogP contribution in [0.25, 0.3) is 0 Å². The van der Waals surface area contributed by atoms with Gasteiger partial charge in [-0.2, -0.15) is 0 Å². The topological polar surface area (TPSA) is 58.6 Å². The Morgan fingerprint density at radius 2 is 1.93 bits per heavy atom. The number of nitrogens with one attached hydrogen (secondary N) is 1. The molecular weight excluding hydrogens is 371 g/mol. The van der Waals surface area contributed by atoms with Crippen LogP contribution in [0.4, 0.5) is 4.39 Å². The molecule has 2 aromatic rings. The van der Waals surface area contributed by atoms with Crippen LogP contribution in [-0.2, 0) is 4.79 Å². The summed E-state index contributed by atoms with van der Waals surface area (Å²) in [5.41, 5.74) is 1.28. The first-order chi connectivity index (χ1) is 14.0. The molecule has 5 nitrogen and oxygen atoms in total. The molecule has 2 aromatic carbocycles. The molecular formula is C23H27FN2O3. The number of nitrogens with zero attached hydrogens (tertiary/aromatic N) is 1. The predicted octanol–water partition coefficient (Wildman–Crippen LogP) is 3.61. The van der Waals surface area contributed by atoms with E-state index in [1.165, 1.54) is 12.1 Å². The van der Waals surface area contributed by atoms with Crippen LogP contribution in [0, 0.1) is 11.7 Å². The molecule has 0 unspecified atom stereocenters. The Morgan fingerprint density at radius 1 is 1.17 bits per heavy atom. The monoisotopic (exact) mass is 398 g/mol. The van der Waals surface area contributed by atoms with Crippen molar-refractivity contribution in [3.05, 3.63) is 65.5 Å². The summed E-state index contributed by atoms with van der Waals surface area (Å²) in [6, 6.07) is 13.2. The number of ether oxygens (including phenoxy) is 1. The van der Waals surface area contributed by atoms with E-state index in [-0.39, 0.29) is 23.5 Å². The Hall–Kier alpha value is -2.89. The molecule has 1 aliphatic rings. The lowest BCUT2D eigenvalue weighted by molar-refractivity contribution is -0.124. The van der Waals surface area contributed by atoms with Gasteiger partial charge in [-0.1, -0.05) is 25.5 Å². The van der Waals surface area contributed by atoms with E-state index in [9.17, 15) is 14.0 Å². The summed E-state index contributed by atoms with van der Waals surface area (Å²) in [4.78, 5) is 27.5. The minimum atomic E-state index is -0.407. The third kappa shape index (κ3) is 4.94. The molecule has 1 saturated heterocycles. The second kappa shape index (κ2) is 9.54. The molecule has 0 radical (unpaired) electrons. The lowest BCUT2D eigenvalue weighted by Crippen LogP contribution is -2.36. The smallest absolute Gasteiger partial charge is 0.253 e. The Bertz CT molecular complexity index is 853. The van der Waals surface area contributed by atoms with E-state index in [4.69, 9.17) is 4.74 Å². The van der Waals surface area contributed by atoms with Crippen LogP contribution in [-0.4, -0.2) is 43.5 Å². The molecule has 3 rings (SSSR count). The van der Waals surface area contributed by atoms with Crippen LogP contribution < -0.4 is 10.1 Å². The van der Waals surface area contributed by atoms with Gasteiger partial charge in [-0.3, -0.25) is 9.59 Å². The minimum absolute atomic E-state index is 0.0854. The maximum Gasteiger partial charge on any atom is 0.253 e. The molecule has 29 heavy (non-hydrogen) atoms. The van der Waals surface area contributed by atoms with Crippen LogP contribution in [0.2, 0.25) is 0 Å². The summed E-state index contributed by atoms with van der Waals surface area (Å²) in [6.07, 6.45) is 1.89. The van der Waals surface area contributed by atoms with E-state index in [0.717, 1.165) is 18.4 Å². The Morgan fingerprint density at radius 3 is 2.59 bits per heavy atom. The molecule has 0 aliphatic carbocycles. The van der Waals surface area contributed by atoms with E-state index in [2.05, 4.69) is 12.2 Å². The fourth-order valence-corrected chi connectivity index (χ4v) is 3.75. The van der Waals surface area contributed by atoms with Gasteiger partial charge >= 0.3 is 0 Å². The third-order valence-corrected chi connectivity index (χ3v) is 5.39. The first kappa shape index (κ1) is 20.8. The number of carbonyl (C=O) groups excluding carboxylic acids is 2. The van der Waals surface area contributed by atoms with E-state index >= 15 is 0 Å². The zero-order valence-electron chi connectivity index (χ0n) is 16.9. The number of rotatable bonds is 7. The van der Waals surface area contributed by atoms with Crippen molar-refractivity contribution in [2.75, 3.05) is 26.7 Å². The highest BCUT2D eigenvalue weighted by Crippen LogP contribution is 2.34. The number of benzene rings is 2. The van der Waals surface area contributed by atoms with Gasteiger partial charge in [0.2, 0.25) is 5.91 Å². The van der Waals surface area contributed by atoms with Crippen LogP contribution in [0.1, 0.15) is 41.6 Å². The first-order valence-electron chi connectivity index (χ1n) is 10.00. The largest absolute Gasteiger partial charge is 0.497 e. The highest BCUT2D eigenvalue weighted by molar-refractivity contribution is 5.95. The van der Waals surface area contributed by atoms with Gasteiger partial charge in [-0.15, -0.1) is 0 Å². The van der Waals surface area contributed by atoms with Gasteiger partial charge in [0.05, 0.1) is 13.0 Å². The molecule has 0 saturated carbocycles. The van der Waals surface area contributed by atoms with E-state index in [1.54, 1.807) is 42.3 Å². The van der Waals surface area contributed by atoms with Crippen LogP contribution in [0.5, 0.6) is 5.75 Å². The number of unbranched alkanes of at least 4 members (excludes halogenated alkanes) is 1. The molecule has 0 bridgehead atoms. The zero-order valence-corrected chi connectivity index (χ0v) is 16.9. The number of carbonyl (C=O) groups is 2. The van der Waals surface area contributed by atoms with Crippen LogP contribution in [0.3, 0.4) is 0 Å². The lowest BCUT2D eigenvalue weighted by Gasteiger charge is -2.18. The summed E-state index contributed by atoms with van der Waals surface area (Å²) in [6.45, 7) is 3.35. The van der Waals surface area contributed by atoms with Gasteiger partial charge in [0.1, 0.15) is 11.6 Å². The molecule has 2 atom stereocenters. The zero-order chi connectivity index (χ0) is 20.8. The number of likely N-dealkylation sites (tertiary alicyclic amines) is 1. The molecule has 1 fully saturated rings. The number of methoxy groups -OCH3 is 1. The predicted molar refractivity (Wildman–Crippen MR) is 109 cm³/mol. The standard InChI is InChI=1S/C23H27FN2O3/c1-3-4-12-25-22(27)21-15-26(14-20(21)17-6-5-7-18(24)13-17)23(28)16-8-10-19(29-2)11-9-16/h5-11,13,20-21H,3-4,12,14-15H2,1-2H3,(H,25,27)/t20-,21+/m0/s1. The maximum absolute atomic E-state index is 13.8. The van der Waals surface area contributed by atoms with Crippen LogP contribution >= 0.6 is 0 Å². The van der Waals surface area contributed by atoms with Gasteiger partial charge in [0, 0.05) is 31.1 Å². The Labute approximate surface area is 170 Å². The van der Waals surface area contributed by atoms with Gasteiger partial charge in [0.25, 0.3) is 5.91 Å². The molecule has 6 heteroatoms. The number of hydrogen-bond acceptors (Lipinski definition) is 3. The SMILES string of the molecule is CCCCNC(=O)[C@@H]1CN(C(=O)c2ccc(OC)cc2)C[C@H]1c1cccc(F)c1. The summed E-state index contributed by atoms with van der Waals surface area (Å²) < 4.78 is 18.9. The van der Waals surface area contributed by atoms with Crippen molar-refractivity contribution in [2.45, 2.75) is 25.7 Å². The Balaban J connectivity index is 1.81. The number of hydrogen-bond donors (Lipinski definition) is 1. The van der Waals surface area contributed by atoms with Gasteiger partial charge in [0.15, 0.2) is 0 Å². The quantitative estimate of drug-likeness (QED) is 0.725. The number of amides is 2. The summed E-state index contributed by atoms with van der Waals surface area (Å²) in [5, 5.41) is 2.97. The molecule has 1 heterocycles. The number of halogens is 1. The second-order valence-corrected chi connectivity index (χ2v) is 7.35. The van der Waals surface area contributed by atoms with Crippen molar-refractivity contribution in [1.82, 2.24) is 10.2 Å². The molecule has 154 valence electrons. The average Bonchev–Trinajstić information content (AvgIpc) is 3.19. The van der Waals surface area contributed by atoms with Crippen molar-refractivity contribution < 1.29 is 18.7 Å². The summed E-state index contributed by atoms with van der Waals surface area (Å²) in [7, 11) is 1.57. The highest BCUT2D eigenvalue weighted by Gasteiger charge is 2.40. The van der Waals surface area contributed by atoms with Gasteiger partial charge < -0.3 is 15.0 Å². The normalized spacial score (nSPS) is 18.5. The lowest BCUT2D eigenvalue weighted by atomic mass is 9.88. The van der Waals surface area contributed by atoms with Crippen molar-refractivity contribution in [3.63, 3.8) is 0 Å². The van der Waals surface area contributed by atoms with Crippen molar-refractivity contribution in [3.8, 4) is 5.75 Å².